The van der Waals surface area contributed by atoms with Crippen LogP contribution in [-0.4, -0.2) is 10.5 Å². The fourth-order valence-electron chi connectivity index (χ4n) is 2.29. The van der Waals surface area contributed by atoms with Crippen LogP contribution >= 0.6 is 0 Å². The molecule has 3 rings (SSSR count). The van der Waals surface area contributed by atoms with Crippen LogP contribution in [0.2, 0.25) is 0 Å². The summed E-state index contributed by atoms with van der Waals surface area (Å²) in [5, 5.41) is 3.58. The number of anilines is 1. The third-order valence-corrected chi connectivity index (χ3v) is 3.15. The van der Waals surface area contributed by atoms with Gasteiger partial charge in [-0.15, -0.1) is 0 Å². The van der Waals surface area contributed by atoms with Crippen molar-refractivity contribution in [1.82, 2.24) is 4.98 Å². The molecule has 0 aromatic carbocycles. The van der Waals surface area contributed by atoms with Gasteiger partial charge in [0.05, 0.1) is 11.9 Å². The predicted octanol–water partition coefficient (Wildman–Crippen LogP) is 1.97. The maximum atomic E-state index is 4.12. The molecule has 62 valence electrons. The second-order valence-corrected chi connectivity index (χ2v) is 3.97. The van der Waals surface area contributed by atoms with Gasteiger partial charge in [0.25, 0.3) is 0 Å². The van der Waals surface area contributed by atoms with Crippen LogP contribution in [0, 0.1) is 0 Å². The maximum Gasteiger partial charge on any atom is 0.0564 e. The molecule has 1 aromatic rings. The van der Waals surface area contributed by atoms with Crippen LogP contribution in [0.4, 0.5) is 5.69 Å². The lowest BCUT2D eigenvalue weighted by Gasteiger charge is -2.38. The average Bonchev–Trinajstić information content (AvgIpc) is 2.42. The molecule has 2 heterocycles. The summed E-state index contributed by atoms with van der Waals surface area (Å²) < 4.78 is 0. The summed E-state index contributed by atoms with van der Waals surface area (Å²) in [4.78, 5) is 4.12. The van der Waals surface area contributed by atoms with Crippen molar-refractivity contribution in [3.05, 3.63) is 24.0 Å². The summed E-state index contributed by atoms with van der Waals surface area (Å²) >= 11 is 0. The van der Waals surface area contributed by atoms with E-state index < -0.39 is 0 Å². The first kappa shape index (κ1) is 6.46. The molecule has 1 aliphatic heterocycles. The highest BCUT2D eigenvalue weighted by atomic mass is 15.0. The van der Waals surface area contributed by atoms with Crippen molar-refractivity contribution >= 4 is 5.69 Å². The highest BCUT2D eigenvalue weighted by Gasteiger charge is 2.41. The first-order valence-corrected chi connectivity index (χ1v) is 4.59. The number of nitrogens with zero attached hydrogens (tertiary/aromatic N) is 1. The highest BCUT2D eigenvalue weighted by Crippen LogP contribution is 2.44. The van der Waals surface area contributed by atoms with E-state index in [2.05, 4.69) is 16.4 Å². The molecule has 0 atom stereocenters. The third-order valence-electron chi connectivity index (χ3n) is 3.15. The summed E-state index contributed by atoms with van der Waals surface area (Å²) in [7, 11) is 0. The molecular formula is C10H12N2. The minimum Gasteiger partial charge on any atom is -0.378 e. The Labute approximate surface area is 72.0 Å². The van der Waals surface area contributed by atoms with Crippen LogP contribution in [-0.2, 0) is 6.42 Å². The number of hydrogen-bond acceptors (Lipinski definition) is 2. The van der Waals surface area contributed by atoms with Crippen molar-refractivity contribution in [2.45, 2.75) is 31.2 Å². The summed E-state index contributed by atoms with van der Waals surface area (Å²) in [5.41, 5.74) is 3.15. The molecule has 1 saturated carbocycles. The number of hydrogen-bond donors (Lipinski definition) is 1. The Hall–Kier alpha value is -1.05. The van der Waals surface area contributed by atoms with Gasteiger partial charge in [0, 0.05) is 11.7 Å². The Morgan fingerprint density at radius 1 is 1.42 bits per heavy atom. The summed E-state index contributed by atoms with van der Waals surface area (Å²) in [6.07, 6.45) is 9.10. The van der Waals surface area contributed by atoms with Crippen molar-refractivity contribution < 1.29 is 0 Å². The number of nitrogens with one attached hydrogen (secondary N) is 1. The molecule has 0 unspecified atom stereocenters. The van der Waals surface area contributed by atoms with E-state index in [-0.39, 0.29) is 0 Å². The summed E-state index contributed by atoms with van der Waals surface area (Å²) in [5.74, 6) is 0. The number of aromatic nitrogens is 1. The van der Waals surface area contributed by atoms with Crippen LogP contribution in [0.5, 0.6) is 0 Å². The van der Waals surface area contributed by atoms with Crippen LogP contribution in [0.3, 0.4) is 0 Å². The molecule has 1 spiro atoms. The molecule has 1 fully saturated rings. The molecule has 0 amide bonds. The zero-order chi connectivity index (χ0) is 8.02. The smallest absolute Gasteiger partial charge is 0.0564 e. The van der Waals surface area contributed by atoms with E-state index in [1.165, 1.54) is 36.9 Å². The topological polar surface area (TPSA) is 24.9 Å². The Morgan fingerprint density at radius 2 is 2.33 bits per heavy atom. The summed E-state index contributed by atoms with van der Waals surface area (Å²) in [6.45, 7) is 0. The van der Waals surface area contributed by atoms with E-state index in [9.17, 15) is 0 Å². The molecule has 0 bridgehead atoms. The van der Waals surface area contributed by atoms with Crippen LogP contribution in [0.1, 0.15) is 24.8 Å². The van der Waals surface area contributed by atoms with Gasteiger partial charge in [-0.3, -0.25) is 4.98 Å². The van der Waals surface area contributed by atoms with Crippen LogP contribution in [0.15, 0.2) is 18.5 Å². The van der Waals surface area contributed by atoms with Crippen LogP contribution in [0.25, 0.3) is 0 Å². The zero-order valence-corrected chi connectivity index (χ0v) is 7.01. The number of rotatable bonds is 0. The largest absolute Gasteiger partial charge is 0.378 e. The minimum atomic E-state index is 0.436. The van der Waals surface area contributed by atoms with Gasteiger partial charge in [-0.05, 0) is 37.3 Å². The Morgan fingerprint density at radius 3 is 3.00 bits per heavy atom. The molecule has 1 aliphatic carbocycles. The van der Waals surface area contributed by atoms with Crippen molar-refractivity contribution in [3.63, 3.8) is 0 Å². The van der Waals surface area contributed by atoms with Gasteiger partial charge < -0.3 is 5.32 Å². The van der Waals surface area contributed by atoms with E-state index in [1.54, 1.807) is 0 Å². The maximum absolute atomic E-state index is 4.12. The van der Waals surface area contributed by atoms with E-state index in [1.807, 2.05) is 12.4 Å². The number of fused-ring (bicyclic) bond motifs is 1. The van der Waals surface area contributed by atoms with E-state index in [0.29, 0.717) is 5.54 Å². The van der Waals surface area contributed by atoms with E-state index >= 15 is 0 Å². The lowest BCUT2D eigenvalue weighted by molar-refractivity contribution is 0.288. The molecule has 2 heteroatoms. The SMILES string of the molecule is c1cc2c(cn1)NC1(CCC1)C2. The highest BCUT2D eigenvalue weighted by molar-refractivity contribution is 5.57. The Kier molecular flexibility index (Phi) is 1.08. The van der Waals surface area contributed by atoms with Gasteiger partial charge in [-0.25, -0.2) is 0 Å². The minimum absolute atomic E-state index is 0.436. The second-order valence-electron chi connectivity index (χ2n) is 3.97. The van der Waals surface area contributed by atoms with Crippen molar-refractivity contribution in [3.8, 4) is 0 Å². The summed E-state index contributed by atoms with van der Waals surface area (Å²) in [6, 6.07) is 2.13. The first-order chi connectivity index (χ1) is 5.88. The Balaban J connectivity index is 1.99. The standard InChI is InChI=1S/C10H12N2/c1-3-10(4-1)6-8-2-5-11-7-9(8)12-10/h2,5,7,12H,1,3-4,6H2. The quantitative estimate of drug-likeness (QED) is 0.627. The van der Waals surface area contributed by atoms with Gasteiger partial charge in [-0.2, -0.15) is 0 Å². The van der Waals surface area contributed by atoms with Crippen LogP contribution < -0.4 is 5.32 Å². The van der Waals surface area contributed by atoms with Gasteiger partial charge in [0.1, 0.15) is 0 Å². The monoisotopic (exact) mass is 160 g/mol. The first-order valence-electron chi connectivity index (χ1n) is 4.59. The third kappa shape index (κ3) is 0.724. The normalized spacial score (nSPS) is 23.0. The zero-order valence-electron chi connectivity index (χ0n) is 7.01. The molecule has 0 radical (unpaired) electrons. The molecule has 0 saturated heterocycles. The van der Waals surface area contributed by atoms with Crippen molar-refractivity contribution in [2.75, 3.05) is 5.32 Å². The molecule has 2 aliphatic rings. The second kappa shape index (κ2) is 2.00. The van der Waals surface area contributed by atoms with Gasteiger partial charge in [-0.1, -0.05) is 0 Å². The number of pyridine rings is 1. The average molecular weight is 160 g/mol. The lowest BCUT2D eigenvalue weighted by Crippen LogP contribution is -2.43. The van der Waals surface area contributed by atoms with Gasteiger partial charge in [0.2, 0.25) is 0 Å². The lowest BCUT2D eigenvalue weighted by atomic mass is 9.75. The molecule has 1 aromatic heterocycles. The fraction of sp³-hybridized carbons (Fsp3) is 0.500. The molecular weight excluding hydrogens is 148 g/mol. The Bertz CT molecular complexity index is 288. The molecule has 2 nitrogen and oxygen atoms in total. The van der Waals surface area contributed by atoms with Gasteiger partial charge in [0.15, 0.2) is 0 Å². The molecule has 1 N–H and O–H groups in total. The van der Waals surface area contributed by atoms with E-state index in [4.69, 9.17) is 0 Å². The fourth-order valence-corrected chi connectivity index (χ4v) is 2.29. The predicted molar refractivity (Wildman–Crippen MR) is 48.1 cm³/mol. The van der Waals surface area contributed by atoms with Crippen molar-refractivity contribution in [1.29, 1.82) is 0 Å². The van der Waals surface area contributed by atoms with Gasteiger partial charge >= 0.3 is 0 Å². The molecule has 12 heavy (non-hydrogen) atoms. The van der Waals surface area contributed by atoms with E-state index in [0.717, 1.165) is 0 Å². The van der Waals surface area contributed by atoms with Crippen molar-refractivity contribution in [2.24, 2.45) is 0 Å².